The number of anilines is 1. The Morgan fingerprint density at radius 1 is 0.952 bits per heavy atom. The summed E-state index contributed by atoms with van der Waals surface area (Å²) in [7, 11) is -4.01. The fourth-order valence-corrected chi connectivity index (χ4v) is 2.32. The van der Waals surface area contributed by atoms with Gasteiger partial charge in [0.15, 0.2) is 0 Å². The minimum Gasteiger partial charge on any atom is -0.444 e. The Kier molecular flexibility index (Phi) is 4.78. The number of rotatable bonds is 5. The molecule has 2 rings (SSSR count). The Bertz CT molecular complexity index is 687. The average molecular weight is 306 g/mol. The zero-order valence-corrected chi connectivity index (χ0v) is 11.8. The van der Waals surface area contributed by atoms with Gasteiger partial charge in [0.25, 0.3) is 0 Å². The van der Waals surface area contributed by atoms with E-state index in [4.69, 9.17) is 4.74 Å². The molecule has 0 aliphatic heterocycles. The van der Waals surface area contributed by atoms with Crippen molar-refractivity contribution in [2.75, 3.05) is 4.72 Å². The molecule has 0 saturated carbocycles. The van der Waals surface area contributed by atoms with Gasteiger partial charge in [-0.25, -0.2) is 9.52 Å². The second-order valence-corrected chi connectivity index (χ2v) is 5.55. The van der Waals surface area contributed by atoms with Crippen LogP contribution in [0.3, 0.4) is 0 Å². The molecule has 2 aromatic carbocycles. The van der Waals surface area contributed by atoms with E-state index in [1.807, 2.05) is 6.07 Å². The first kappa shape index (κ1) is 14.9. The monoisotopic (exact) mass is 306 g/mol. The van der Waals surface area contributed by atoms with Crippen LogP contribution < -0.4 is 9.44 Å². The number of para-hydroxylation sites is 1. The first-order chi connectivity index (χ1) is 10.1. The largest absolute Gasteiger partial charge is 0.444 e. The highest BCUT2D eigenvalue weighted by Crippen LogP contribution is 2.07. The Morgan fingerprint density at radius 3 is 2.14 bits per heavy atom. The van der Waals surface area contributed by atoms with Crippen molar-refractivity contribution in [3.63, 3.8) is 0 Å². The van der Waals surface area contributed by atoms with Gasteiger partial charge in [-0.05, 0) is 17.7 Å². The van der Waals surface area contributed by atoms with Crippen LogP contribution in [0, 0.1) is 0 Å². The molecule has 0 fully saturated rings. The number of amides is 1. The number of hydrogen-bond donors (Lipinski definition) is 2. The van der Waals surface area contributed by atoms with Crippen LogP contribution in [0.5, 0.6) is 0 Å². The molecule has 0 radical (unpaired) electrons. The lowest BCUT2D eigenvalue weighted by Gasteiger charge is -2.09. The smallest absolute Gasteiger partial charge is 0.422 e. The van der Waals surface area contributed by atoms with E-state index >= 15 is 0 Å². The summed E-state index contributed by atoms with van der Waals surface area (Å²) in [6.07, 6.45) is -1.04. The van der Waals surface area contributed by atoms with Crippen LogP contribution in [0.15, 0.2) is 60.7 Å². The van der Waals surface area contributed by atoms with Gasteiger partial charge >= 0.3 is 16.3 Å². The lowest BCUT2D eigenvalue weighted by atomic mass is 10.2. The van der Waals surface area contributed by atoms with E-state index in [-0.39, 0.29) is 6.61 Å². The first-order valence-electron chi connectivity index (χ1n) is 6.11. The van der Waals surface area contributed by atoms with E-state index in [9.17, 15) is 13.2 Å². The molecule has 0 bridgehead atoms. The molecule has 0 saturated heterocycles. The van der Waals surface area contributed by atoms with Crippen molar-refractivity contribution >= 4 is 22.0 Å². The van der Waals surface area contributed by atoms with Crippen molar-refractivity contribution in [2.24, 2.45) is 0 Å². The van der Waals surface area contributed by atoms with Crippen LogP contribution >= 0.6 is 0 Å². The van der Waals surface area contributed by atoms with Crippen LogP contribution in [0.2, 0.25) is 0 Å². The van der Waals surface area contributed by atoms with E-state index < -0.39 is 16.3 Å². The molecule has 110 valence electrons. The van der Waals surface area contributed by atoms with Crippen LogP contribution in [0.25, 0.3) is 0 Å². The van der Waals surface area contributed by atoms with E-state index in [2.05, 4.69) is 4.72 Å². The quantitative estimate of drug-likeness (QED) is 0.887. The Labute approximate surface area is 122 Å². The zero-order valence-electron chi connectivity index (χ0n) is 11.0. The van der Waals surface area contributed by atoms with E-state index in [0.717, 1.165) is 5.56 Å². The molecule has 0 aliphatic rings. The van der Waals surface area contributed by atoms with Crippen molar-refractivity contribution in [3.8, 4) is 0 Å². The van der Waals surface area contributed by atoms with Gasteiger partial charge in [0.2, 0.25) is 0 Å². The Hall–Kier alpha value is -2.54. The van der Waals surface area contributed by atoms with Gasteiger partial charge in [0.1, 0.15) is 6.61 Å². The lowest BCUT2D eigenvalue weighted by Crippen LogP contribution is -2.35. The maximum atomic E-state index is 11.7. The summed E-state index contributed by atoms with van der Waals surface area (Å²) < 4.78 is 32.2. The molecule has 1 amide bonds. The molecular formula is C14H14N2O4S. The van der Waals surface area contributed by atoms with Crippen LogP contribution in [0.4, 0.5) is 10.5 Å². The van der Waals surface area contributed by atoms with Gasteiger partial charge in [-0.3, -0.25) is 4.72 Å². The molecule has 0 spiro atoms. The van der Waals surface area contributed by atoms with Crippen molar-refractivity contribution in [2.45, 2.75) is 6.61 Å². The standard InChI is InChI=1S/C14H14N2O4S/c17-14(20-11-12-7-3-1-4-8-12)16-21(18,19)15-13-9-5-2-6-10-13/h1-10,15H,11H2,(H,16,17). The number of benzene rings is 2. The second kappa shape index (κ2) is 6.76. The van der Waals surface area contributed by atoms with Gasteiger partial charge in [-0.15, -0.1) is 0 Å². The molecule has 0 aromatic heterocycles. The molecule has 6 nitrogen and oxygen atoms in total. The van der Waals surface area contributed by atoms with Crippen molar-refractivity contribution in [1.29, 1.82) is 0 Å². The van der Waals surface area contributed by atoms with Gasteiger partial charge in [0.05, 0.1) is 5.69 Å². The normalized spacial score (nSPS) is 10.7. The molecule has 0 aliphatic carbocycles. The van der Waals surface area contributed by atoms with E-state index in [1.54, 1.807) is 59.3 Å². The van der Waals surface area contributed by atoms with Crippen LogP contribution in [-0.4, -0.2) is 14.5 Å². The van der Waals surface area contributed by atoms with Crippen molar-refractivity contribution in [1.82, 2.24) is 4.72 Å². The second-order valence-electron chi connectivity index (χ2n) is 4.14. The summed E-state index contributed by atoms with van der Waals surface area (Å²) in [6, 6.07) is 17.2. The summed E-state index contributed by atoms with van der Waals surface area (Å²) in [5.41, 5.74) is 1.11. The molecular weight excluding hydrogens is 292 g/mol. The highest BCUT2D eigenvalue weighted by molar-refractivity contribution is 7.91. The predicted octanol–water partition coefficient (Wildman–Crippen LogP) is 2.27. The van der Waals surface area contributed by atoms with Crippen LogP contribution in [-0.2, 0) is 21.6 Å². The van der Waals surface area contributed by atoms with E-state index in [0.29, 0.717) is 5.69 Å². The van der Waals surface area contributed by atoms with Crippen molar-refractivity contribution < 1.29 is 17.9 Å². The fourth-order valence-electron chi connectivity index (χ4n) is 1.55. The number of carbonyl (C=O) groups is 1. The highest BCUT2D eigenvalue weighted by Gasteiger charge is 2.15. The predicted molar refractivity (Wildman–Crippen MR) is 78.7 cm³/mol. The number of nitrogens with one attached hydrogen (secondary N) is 2. The lowest BCUT2D eigenvalue weighted by molar-refractivity contribution is 0.146. The minimum absolute atomic E-state index is 0.00642. The molecule has 0 heterocycles. The maximum absolute atomic E-state index is 11.7. The summed E-state index contributed by atoms with van der Waals surface area (Å²) in [4.78, 5) is 11.5. The number of hydrogen-bond acceptors (Lipinski definition) is 4. The molecule has 0 unspecified atom stereocenters. The fraction of sp³-hybridized carbons (Fsp3) is 0.0714. The van der Waals surface area contributed by atoms with E-state index in [1.165, 1.54) is 0 Å². The number of ether oxygens (including phenoxy) is 1. The zero-order chi connectivity index (χ0) is 15.1. The highest BCUT2D eigenvalue weighted by atomic mass is 32.2. The summed E-state index contributed by atoms with van der Waals surface area (Å²) in [6.45, 7) is -0.00642. The topological polar surface area (TPSA) is 84.5 Å². The third kappa shape index (κ3) is 5.15. The third-order valence-electron chi connectivity index (χ3n) is 2.46. The van der Waals surface area contributed by atoms with Crippen molar-refractivity contribution in [3.05, 3.63) is 66.2 Å². The van der Waals surface area contributed by atoms with Crippen LogP contribution in [0.1, 0.15) is 5.56 Å². The average Bonchev–Trinajstić information content (AvgIpc) is 2.46. The SMILES string of the molecule is O=C(NS(=O)(=O)Nc1ccccc1)OCc1ccccc1. The molecule has 2 N–H and O–H groups in total. The summed E-state index contributed by atoms with van der Waals surface area (Å²) >= 11 is 0. The van der Waals surface area contributed by atoms with Gasteiger partial charge in [0, 0.05) is 0 Å². The molecule has 0 atom stereocenters. The maximum Gasteiger partial charge on any atom is 0.422 e. The summed E-state index contributed by atoms with van der Waals surface area (Å²) in [5, 5.41) is 0. The van der Waals surface area contributed by atoms with Gasteiger partial charge < -0.3 is 4.74 Å². The molecule has 21 heavy (non-hydrogen) atoms. The molecule has 2 aromatic rings. The third-order valence-corrected chi connectivity index (χ3v) is 3.40. The van der Waals surface area contributed by atoms with Gasteiger partial charge in [-0.2, -0.15) is 8.42 Å². The first-order valence-corrected chi connectivity index (χ1v) is 7.60. The summed E-state index contributed by atoms with van der Waals surface area (Å²) in [5.74, 6) is 0. The Balaban J connectivity index is 1.87. The number of carbonyl (C=O) groups excluding carboxylic acids is 1. The Morgan fingerprint density at radius 2 is 1.52 bits per heavy atom. The van der Waals surface area contributed by atoms with Gasteiger partial charge in [-0.1, -0.05) is 48.5 Å². The molecule has 7 heteroatoms. The minimum atomic E-state index is -4.01.